The van der Waals surface area contributed by atoms with Gasteiger partial charge in [0.2, 0.25) is 0 Å². The van der Waals surface area contributed by atoms with Crippen molar-refractivity contribution in [3.05, 3.63) is 150 Å². The van der Waals surface area contributed by atoms with E-state index in [1.165, 1.54) is 38.7 Å². The largest absolute Gasteiger partial charge is 0.458 e. The third kappa shape index (κ3) is 6.23. The van der Waals surface area contributed by atoms with Crippen molar-refractivity contribution in [3.8, 4) is 28.7 Å². The summed E-state index contributed by atoms with van der Waals surface area (Å²) in [4.78, 5) is 4.90. The molecule has 3 heterocycles. The molecule has 0 saturated heterocycles. The van der Waals surface area contributed by atoms with Crippen LogP contribution >= 0.6 is 0 Å². The minimum absolute atomic E-state index is 0.00153. The summed E-state index contributed by atoms with van der Waals surface area (Å²) < 4.78 is 13.8. The van der Waals surface area contributed by atoms with E-state index in [1.807, 2.05) is 6.20 Å². The Morgan fingerprint density at radius 2 is 1.24 bits per heavy atom. The van der Waals surface area contributed by atoms with E-state index in [1.54, 1.807) is 11.1 Å². The van der Waals surface area contributed by atoms with Crippen molar-refractivity contribution in [1.82, 2.24) is 14.1 Å². The normalized spacial score (nSPS) is 17.1. The number of hydrogen-bond donors (Lipinski definition) is 0. The predicted molar refractivity (Wildman–Crippen MR) is 261 cm³/mol. The summed E-state index contributed by atoms with van der Waals surface area (Å²) in [5, 5.41) is 2.36. The summed E-state index contributed by atoms with van der Waals surface area (Å²) in [5.41, 5.74) is 14.6. The molecule has 0 radical (unpaired) electrons. The van der Waals surface area contributed by atoms with Crippen LogP contribution in [0.25, 0.3) is 50.0 Å². The lowest BCUT2D eigenvalue weighted by molar-refractivity contribution is -0.574. The van der Waals surface area contributed by atoms with Crippen molar-refractivity contribution in [2.45, 2.75) is 142 Å². The average molecular weight is 833 g/mol. The molecule has 0 unspecified atom stereocenters. The van der Waals surface area contributed by atoms with Gasteiger partial charge in [0.1, 0.15) is 17.3 Å². The highest BCUT2D eigenvalue weighted by Gasteiger charge is 2.54. The fraction of sp³-hybridized carbons (Fsp3) is 0.379. The summed E-state index contributed by atoms with van der Waals surface area (Å²) in [6, 6.07) is 39.5. The quantitative estimate of drug-likeness (QED) is 0.107. The van der Waals surface area contributed by atoms with Gasteiger partial charge in [-0.15, -0.1) is 0 Å². The first kappa shape index (κ1) is 41.3. The van der Waals surface area contributed by atoms with Crippen LogP contribution in [0.4, 0.5) is 0 Å². The number of nitrogens with zero attached hydrogens (tertiary/aromatic N) is 4. The van der Waals surface area contributed by atoms with Crippen LogP contribution in [0.5, 0.6) is 11.5 Å². The van der Waals surface area contributed by atoms with Gasteiger partial charge in [-0.25, -0.2) is 4.98 Å². The second-order valence-corrected chi connectivity index (χ2v) is 21.2. The Kier molecular flexibility index (Phi) is 9.46. The zero-order valence-corrected chi connectivity index (χ0v) is 39.4. The highest BCUT2D eigenvalue weighted by molar-refractivity contribution is 6.09. The molecule has 5 aromatic carbocycles. The standard InChI is InChI=1S/C58H64N4O/c1-12-57(13-2)35-55(8,9)51-44(57)34-45-52(56(10,11)36-58(45,14-3)15-4)53(51)61-37-60(47-25-18-19-26-48(47)61)39-21-20-22-40(32-39)63-41-27-28-43-42-23-16-17-24-46(42)62(49(43)33-41)50-31-38(29-30-59-50)54(5,6)7/h16-34H,12-15,35-36H2,1-11H3. The van der Waals surface area contributed by atoms with Crippen molar-refractivity contribution in [1.29, 1.82) is 0 Å². The third-order valence-electron chi connectivity index (χ3n) is 15.6. The molecule has 3 aromatic heterocycles. The van der Waals surface area contributed by atoms with Gasteiger partial charge >= 0.3 is 0 Å². The maximum Gasteiger partial charge on any atom is 0.269 e. The lowest BCUT2D eigenvalue weighted by Crippen LogP contribution is -2.37. The van der Waals surface area contributed by atoms with Gasteiger partial charge in [-0.2, -0.15) is 0 Å². The van der Waals surface area contributed by atoms with Crippen molar-refractivity contribution in [3.63, 3.8) is 0 Å². The maximum absolute atomic E-state index is 6.82. The van der Waals surface area contributed by atoms with E-state index in [0.717, 1.165) is 78.1 Å². The Bertz CT molecular complexity index is 3030. The fourth-order valence-electron chi connectivity index (χ4n) is 12.4. The summed E-state index contributed by atoms with van der Waals surface area (Å²) in [6.45, 7) is 26.4. The first-order chi connectivity index (χ1) is 30.1. The molecule has 8 aromatic rings. The van der Waals surface area contributed by atoms with Crippen LogP contribution in [0.3, 0.4) is 0 Å². The summed E-state index contributed by atoms with van der Waals surface area (Å²) in [6.07, 6.45) is 12.9. The number of para-hydroxylation sites is 3. The lowest BCUT2D eigenvalue weighted by atomic mass is 9.72. The molecule has 0 atom stereocenters. The highest BCUT2D eigenvalue weighted by Crippen LogP contribution is 2.61. The molecule has 322 valence electrons. The number of rotatable bonds is 9. The van der Waals surface area contributed by atoms with Gasteiger partial charge in [0.15, 0.2) is 0 Å². The van der Waals surface area contributed by atoms with Gasteiger partial charge in [0, 0.05) is 23.0 Å². The van der Waals surface area contributed by atoms with Crippen molar-refractivity contribution >= 4 is 32.8 Å². The Morgan fingerprint density at radius 1 is 0.635 bits per heavy atom. The first-order valence-electron chi connectivity index (χ1n) is 23.6. The highest BCUT2D eigenvalue weighted by atomic mass is 16.5. The first-order valence-corrected chi connectivity index (χ1v) is 23.6. The van der Waals surface area contributed by atoms with Gasteiger partial charge in [0.05, 0.1) is 33.4 Å². The minimum atomic E-state index is -0.00216. The molecule has 0 saturated carbocycles. The number of pyridine rings is 1. The van der Waals surface area contributed by atoms with Crippen LogP contribution < -0.4 is 9.30 Å². The zero-order chi connectivity index (χ0) is 44.3. The molecule has 0 spiro atoms. The predicted octanol–water partition coefficient (Wildman–Crippen LogP) is 14.8. The van der Waals surface area contributed by atoms with Crippen LogP contribution in [0.15, 0.2) is 115 Å². The molecular formula is C58H64N4O. The van der Waals surface area contributed by atoms with E-state index >= 15 is 0 Å². The monoisotopic (exact) mass is 833 g/mol. The molecule has 0 N–H and O–H groups in total. The van der Waals surface area contributed by atoms with E-state index in [4.69, 9.17) is 9.72 Å². The minimum Gasteiger partial charge on any atom is -0.458 e. The second kappa shape index (κ2) is 14.4. The Hall–Kier alpha value is -5.68. The molecule has 2 aliphatic carbocycles. The molecule has 0 fully saturated rings. The second-order valence-electron chi connectivity index (χ2n) is 21.2. The molecule has 5 heteroatoms. The van der Waals surface area contributed by atoms with E-state index in [0.29, 0.717) is 0 Å². The van der Waals surface area contributed by atoms with Crippen molar-refractivity contribution in [2.75, 3.05) is 0 Å². The third-order valence-corrected chi connectivity index (χ3v) is 15.6. The number of aromatic nitrogens is 4. The van der Waals surface area contributed by atoms with Gasteiger partial charge in [-0.05, 0) is 142 Å². The molecule has 63 heavy (non-hydrogen) atoms. The Balaban J connectivity index is 1.13. The fourth-order valence-corrected chi connectivity index (χ4v) is 12.4. The SMILES string of the molecule is CCC1(CC)CC(C)(C)c2c1cc1c(c2-[n+]2[c-]n(-c3cccc(Oc4ccc5c6ccccc6n(-c6cc(C(C)(C)C)ccn6)c5c4)c3)c3ccccc32)C(C)(C)CC1(CC)CC. The number of benzene rings is 5. The molecule has 2 aliphatic rings. The molecule has 0 aliphatic heterocycles. The summed E-state index contributed by atoms with van der Waals surface area (Å²) in [7, 11) is 0. The number of fused-ring (bicyclic) bond motifs is 6. The summed E-state index contributed by atoms with van der Waals surface area (Å²) >= 11 is 0. The topological polar surface area (TPSA) is 35.9 Å². The molecule has 10 rings (SSSR count). The average Bonchev–Trinajstić information content (AvgIpc) is 3.96. The molecule has 0 amide bonds. The van der Waals surface area contributed by atoms with Crippen LogP contribution in [0.2, 0.25) is 0 Å². The van der Waals surface area contributed by atoms with Gasteiger partial charge in [-0.1, -0.05) is 131 Å². The van der Waals surface area contributed by atoms with Crippen LogP contribution in [-0.2, 0) is 27.1 Å². The smallest absolute Gasteiger partial charge is 0.269 e. The Morgan fingerprint density at radius 3 is 1.89 bits per heavy atom. The van der Waals surface area contributed by atoms with E-state index < -0.39 is 0 Å². The lowest BCUT2D eigenvalue weighted by Gasteiger charge is -2.32. The van der Waals surface area contributed by atoms with Crippen LogP contribution in [0.1, 0.15) is 143 Å². The number of imidazole rings is 1. The Labute approximate surface area is 374 Å². The van der Waals surface area contributed by atoms with Crippen molar-refractivity contribution in [2.24, 2.45) is 0 Å². The van der Waals surface area contributed by atoms with Gasteiger partial charge in [0.25, 0.3) is 6.33 Å². The van der Waals surface area contributed by atoms with Crippen LogP contribution in [-0.4, -0.2) is 14.1 Å². The van der Waals surface area contributed by atoms with Gasteiger partial charge < -0.3 is 4.74 Å². The van der Waals surface area contributed by atoms with Crippen LogP contribution in [0, 0.1) is 6.33 Å². The molecule has 0 bridgehead atoms. The van der Waals surface area contributed by atoms with E-state index in [9.17, 15) is 0 Å². The maximum atomic E-state index is 6.82. The molecular weight excluding hydrogens is 769 g/mol. The van der Waals surface area contributed by atoms with Gasteiger partial charge in [-0.3, -0.25) is 13.7 Å². The summed E-state index contributed by atoms with van der Waals surface area (Å²) in [5.74, 6) is 2.45. The number of hydrogen-bond acceptors (Lipinski definition) is 2. The van der Waals surface area contributed by atoms with Crippen molar-refractivity contribution < 1.29 is 9.30 Å². The van der Waals surface area contributed by atoms with E-state index in [2.05, 4.69) is 205 Å². The molecule has 5 nitrogen and oxygen atoms in total. The zero-order valence-electron chi connectivity index (χ0n) is 39.4. The van der Waals surface area contributed by atoms with E-state index in [-0.39, 0.29) is 27.1 Å². The number of ether oxygens (including phenoxy) is 1.